The Labute approximate surface area is 148 Å². The van der Waals surface area contributed by atoms with Gasteiger partial charge in [0.15, 0.2) is 0 Å². The first-order valence-corrected chi connectivity index (χ1v) is 8.94. The molecule has 0 bridgehead atoms. The van der Waals surface area contributed by atoms with E-state index in [0.717, 1.165) is 49.6 Å². The van der Waals surface area contributed by atoms with E-state index in [4.69, 9.17) is 4.42 Å². The number of piperazine rings is 1. The number of pyridine rings is 1. The molecule has 2 aromatic heterocycles. The van der Waals surface area contributed by atoms with Crippen molar-refractivity contribution in [3.05, 3.63) is 53.7 Å². The molecule has 6 nitrogen and oxygen atoms in total. The Morgan fingerprint density at radius 1 is 1.32 bits per heavy atom. The monoisotopic (exact) mass is 342 g/mol. The predicted octanol–water partition coefficient (Wildman–Crippen LogP) is 1.72. The Morgan fingerprint density at radius 3 is 2.92 bits per heavy atom. The van der Waals surface area contributed by atoms with E-state index >= 15 is 0 Å². The highest BCUT2D eigenvalue weighted by Crippen LogP contribution is 2.13. The second kappa shape index (κ2) is 8.78. The molecule has 25 heavy (non-hydrogen) atoms. The van der Waals surface area contributed by atoms with Crippen molar-refractivity contribution in [1.29, 1.82) is 0 Å². The molecule has 134 valence electrons. The highest BCUT2D eigenvalue weighted by molar-refractivity contribution is 5.82. The van der Waals surface area contributed by atoms with Gasteiger partial charge in [-0.25, -0.2) is 0 Å². The Bertz CT molecular complexity index is 671. The minimum atomic E-state index is -0.194. The largest absolute Gasteiger partial charge is 0.465 e. The van der Waals surface area contributed by atoms with E-state index in [-0.39, 0.29) is 11.9 Å². The van der Waals surface area contributed by atoms with Crippen LogP contribution >= 0.6 is 0 Å². The molecule has 1 aliphatic heterocycles. The van der Waals surface area contributed by atoms with Crippen molar-refractivity contribution >= 4 is 5.91 Å². The number of aromatic nitrogens is 1. The van der Waals surface area contributed by atoms with Crippen molar-refractivity contribution in [2.75, 3.05) is 19.6 Å². The zero-order chi connectivity index (χ0) is 17.5. The summed E-state index contributed by atoms with van der Waals surface area (Å²) in [6, 6.07) is 7.73. The first-order chi connectivity index (χ1) is 12.2. The number of nitrogens with one attached hydrogen (secondary N) is 2. The number of furan rings is 1. The Balaban J connectivity index is 1.49. The summed E-state index contributed by atoms with van der Waals surface area (Å²) in [6.07, 6.45) is 5.53. The van der Waals surface area contributed by atoms with Gasteiger partial charge in [0, 0.05) is 45.0 Å². The SMILES string of the molecule is CCCc1ccc(CN2CCN[C@H](C(=O)NCc3ccncc3)C2)o1. The van der Waals surface area contributed by atoms with Crippen molar-refractivity contribution in [1.82, 2.24) is 20.5 Å². The fourth-order valence-corrected chi connectivity index (χ4v) is 3.05. The lowest BCUT2D eigenvalue weighted by Crippen LogP contribution is -2.56. The highest BCUT2D eigenvalue weighted by atomic mass is 16.3. The molecular formula is C19H26N4O2. The molecule has 0 radical (unpaired) electrons. The summed E-state index contributed by atoms with van der Waals surface area (Å²) in [4.78, 5) is 18.7. The summed E-state index contributed by atoms with van der Waals surface area (Å²) in [7, 11) is 0. The van der Waals surface area contributed by atoms with Gasteiger partial charge in [-0.05, 0) is 36.2 Å². The molecule has 2 N–H and O–H groups in total. The molecule has 3 heterocycles. The minimum absolute atomic E-state index is 0.0348. The molecule has 0 spiro atoms. The zero-order valence-electron chi connectivity index (χ0n) is 14.7. The molecule has 2 aromatic rings. The van der Waals surface area contributed by atoms with Crippen LogP contribution in [0.4, 0.5) is 0 Å². The van der Waals surface area contributed by atoms with Gasteiger partial charge in [-0.15, -0.1) is 0 Å². The molecule has 0 aliphatic carbocycles. The van der Waals surface area contributed by atoms with Crippen molar-refractivity contribution in [3.8, 4) is 0 Å². The molecule has 6 heteroatoms. The lowest BCUT2D eigenvalue weighted by atomic mass is 10.2. The van der Waals surface area contributed by atoms with E-state index < -0.39 is 0 Å². The highest BCUT2D eigenvalue weighted by Gasteiger charge is 2.25. The fourth-order valence-electron chi connectivity index (χ4n) is 3.05. The van der Waals surface area contributed by atoms with Gasteiger partial charge in [0.25, 0.3) is 0 Å². The smallest absolute Gasteiger partial charge is 0.238 e. The van der Waals surface area contributed by atoms with Crippen molar-refractivity contribution in [2.24, 2.45) is 0 Å². The lowest BCUT2D eigenvalue weighted by Gasteiger charge is -2.32. The lowest BCUT2D eigenvalue weighted by molar-refractivity contribution is -0.124. The Hall–Kier alpha value is -2.18. The number of amides is 1. The first-order valence-electron chi connectivity index (χ1n) is 8.94. The van der Waals surface area contributed by atoms with Gasteiger partial charge in [0.05, 0.1) is 12.6 Å². The normalized spacial score (nSPS) is 18.2. The third-order valence-corrected chi connectivity index (χ3v) is 4.39. The molecule has 1 amide bonds. The van der Waals surface area contributed by atoms with Gasteiger partial charge in [0.1, 0.15) is 11.5 Å². The number of carbonyl (C=O) groups excluding carboxylic acids is 1. The number of nitrogens with zero attached hydrogens (tertiary/aromatic N) is 2. The van der Waals surface area contributed by atoms with E-state index in [2.05, 4.69) is 33.5 Å². The van der Waals surface area contributed by atoms with Crippen LogP contribution in [-0.4, -0.2) is 41.5 Å². The molecule has 1 atom stereocenters. The second-order valence-corrected chi connectivity index (χ2v) is 6.43. The summed E-state index contributed by atoms with van der Waals surface area (Å²) in [5.74, 6) is 2.05. The third-order valence-electron chi connectivity index (χ3n) is 4.39. The van der Waals surface area contributed by atoms with Crippen LogP contribution in [-0.2, 0) is 24.3 Å². The number of hydrogen-bond donors (Lipinski definition) is 2. The minimum Gasteiger partial charge on any atom is -0.465 e. The van der Waals surface area contributed by atoms with E-state index in [0.29, 0.717) is 13.1 Å². The van der Waals surface area contributed by atoms with Crippen LogP contribution < -0.4 is 10.6 Å². The van der Waals surface area contributed by atoms with E-state index in [1.807, 2.05) is 18.2 Å². The van der Waals surface area contributed by atoms with Crippen LogP contribution in [0.2, 0.25) is 0 Å². The van der Waals surface area contributed by atoms with Gasteiger partial charge < -0.3 is 15.1 Å². The molecule has 1 saturated heterocycles. The average Bonchev–Trinajstić information content (AvgIpc) is 3.08. The second-order valence-electron chi connectivity index (χ2n) is 6.43. The first kappa shape index (κ1) is 17.6. The van der Waals surface area contributed by atoms with Gasteiger partial charge in [-0.3, -0.25) is 14.7 Å². The molecular weight excluding hydrogens is 316 g/mol. The summed E-state index contributed by atoms with van der Waals surface area (Å²) >= 11 is 0. The van der Waals surface area contributed by atoms with Gasteiger partial charge >= 0.3 is 0 Å². The molecule has 3 rings (SSSR count). The van der Waals surface area contributed by atoms with Crippen LogP contribution in [0.3, 0.4) is 0 Å². The van der Waals surface area contributed by atoms with Gasteiger partial charge in [-0.1, -0.05) is 6.92 Å². The Kier molecular flexibility index (Phi) is 6.19. The molecule has 0 unspecified atom stereocenters. The van der Waals surface area contributed by atoms with Crippen LogP contribution in [0.1, 0.15) is 30.4 Å². The summed E-state index contributed by atoms with van der Waals surface area (Å²) in [6.45, 7) is 5.82. The number of rotatable bonds is 7. The topological polar surface area (TPSA) is 70.4 Å². The molecule has 1 fully saturated rings. The van der Waals surface area contributed by atoms with Crippen molar-refractivity contribution in [2.45, 2.75) is 38.9 Å². The summed E-state index contributed by atoms with van der Waals surface area (Å²) in [5, 5.41) is 6.29. The van der Waals surface area contributed by atoms with E-state index in [9.17, 15) is 4.79 Å². The average molecular weight is 342 g/mol. The van der Waals surface area contributed by atoms with E-state index in [1.54, 1.807) is 12.4 Å². The van der Waals surface area contributed by atoms with Crippen LogP contribution in [0, 0.1) is 0 Å². The standard InChI is InChI=1S/C19H26N4O2/c1-2-3-16-4-5-17(25-16)13-23-11-10-21-18(14-23)19(24)22-12-15-6-8-20-9-7-15/h4-9,18,21H,2-3,10-14H2,1H3,(H,22,24)/t18-/m0/s1. The van der Waals surface area contributed by atoms with Gasteiger partial charge in [-0.2, -0.15) is 0 Å². The maximum absolute atomic E-state index is 12.4. The van der Waals surface area contributed by atoms with Crippen LogP contribution in [0.25, 0.3) is 0 Å². The zero-order valence-corrected chi connectivity index (χ0v) is 14.7. The molecule has 1 aliphatic rings. The number of hydrogen-bond acceptors (Lipinski definition) is 5. The summed E-state index contributed by atoms with van der Waals surface area (Å²) < 4.78 is 5.86. The number of carbonyl (C=O) groups is 1. The van der Waals surface area contributed by atoms with Gasteiger partial charge in [0.2, 0.25) is 5.91 Å². The van der Waals surface area contributed by atoms with Crippen molar-refractivity contribution in [3.63, 3.8) is 0 Å². The Morgan fingerprint density at radius 2 is 2.12 bits per heavy atom. The van der Waals surface area contributed by atoms with E-state index in [1.165, 1.54) is 0 Å². The van der Waals surface area contributed by atoms with Crippen molar-refractivity contribution < 1.29 is 9.21 Å². The van der Waals surface area contributed by atoms with Crippen LogP contribution in [0.5, 0.6) is 0 Å². The maximum Gasteiger partial charge on any atom is 0.238 e. The quantitative estimate of drug-likeness (QED) is 0.802. The molecule has 0 saturated carbocycles. The predicted molar refractivity (Wildman–Crippen MR) is 95.9 cm³/mol. The van der Waals surface area contributed by atoms with Crippen LogP contribution in [0.15, 0.2) is 41.1 Å². The third kappa shape index (κ3) is 5.14. The fraction of sp³-hybridized carbons (Fsp3) is 0.474. The summed E-state index contributed by atoms with van der Waals surface area (Å²) in [5.41, 5.74) is 1.05. The maximum atomic E-state index is 12.4. The number of aryl methyl sites for hydroxylation is 1. The molecule has 0 aromatic carbocycles.